The maximum atomic E-state index is 12.2. The van der Waals surface area contributed by atoms with Crippen LogP contribution in [0, 0.1) is 11.8 Å². The van der Waals surface area contributed by atoms with E-state index in [0.717, 1.165) is 29.1 Å². The van der Waals surface area contributed by atoms with Crippen LogP contribution in [0.4, 0.5) is 4.79 Å². The van der Waals surface area contributed by atoms with Gasteiger partial charge in [-0.3, -0.25) is 19.3 Å². The summed E-state index contributed by atoms with van der Waals surface area (Å²) in [6.45, 7) is 7.17. The number of rotatable bonds is 4. The fourth-order valence-corrected chi connectivity index (χ4v) is 3.30. The van der Waals surface area contributed by atoms with E-state index in [1.165, 1.54) is 0 Å². The maximum Gasteiger partial charge on any atom is 0.334 e. The fraction of sp³-hybridized carbons (Fsp3) is 0.750. The summed E-state index contributed by atoms with van der Waals surface area (Å²) in [5.74, 6) is -1.30. The minimum Gasteiger partial charge on any atom is -0.352 e. The van der Waals surface area contributed by atoms with Crippen LogP contribution in [0.25, 0.3) is 0 Å². The van der Waals surface area contributed by atoms with Crippen molar-refractivity contribution in [3.8, 4) is 0 Å². The largest absolute Gasteiger partial charge is 0.352 e. The molecule has 2 aliphatic rings. The molecule has 0 spiro atoms. The van der Waals surface area contributed by atoms with E-state index >= 15 is 0 Å². The zero-order valence-corrected chi connectivity index (χ0v) is 14.2. The Kier molecular flexibility index (Phi) is 5.06. The molecule has 2 rings (SSSR count). The summed E-state index contributed by atoms with van der Waals surface area (Å²) in [4.78, 5) is 49.7. The van der Waals surface area contributed by atoms with E-state index in [1.54, 1.807) is 13.8 Å². The van der Waals surface area contributed by atoms with Gasteiger partial charge >= 0.3 is 17.8 Å². The summed E-state index contributed by atoms with van der Waals surface area (Å²) in [6.07, 6.45) is 3.10. The molecule has 1 saturated heterocycles. The first-order chi connectivity index (χ1) is 10.7. The van der Waals surface area contributed by atoms with Gasteiger partial charge in [0.05, 0.1) is 0 Å². The van der Waals surface area contributed by atoms with Crippen molar-refractivity contribution in [2.24, 2.45) is 11.8 Å². The van der Waals surface area contributed by atoms with Crippen LogP contribution >= 0.6 is 0 Å². The Hall–Kier alpha value is -1.92. The van der Waals surface area contributed by atoms with E-state index in [9.17, 15) is 19.2 Å². The molecule has 3 unspecified atom stereocenters. The van der Waals surface area contributed by atoms with Crippen molar-refractivity contribution in [3.05, 3.63) is 0 Å². The predicted molar refractivity (Wildman–Crippen MR) is 83.2 cm³/mol. The minimum absolute atomic E-state index is 0.0518. The molecular formula is C16H25N3O4. The molecule has 3 atom stereocenters. The molecule has 1 aliphatic carbocycles. The first-order valence-corrected chi connectivity index (χ1v) is 8.22. The zero-order valence-electron chi connectivity index (χ0n) is 14.2. The van der Waals surface area contributed by atoms with E-state index in [1.807, 2.05) is 0 Å². The van der Waals surface area contributed by atoms with Crippen molar-refractivity contribution in [1.29, 1.82) is 0 Å². The molecule has 0 aromatic rings. The van der Waals surface area contributed by atoms with Crippen molar-refractivity contribution in [2.45, 2.75) is 59.0 Å². The van der Waals surface area contributed by atoms with Gasteiger partial charge in [-0.1, -0.05) is 26.7 Å². The molecule has 0 aromatic carbocycles. The van der Waals surface area contributed by atoms with Crippen molar-refractivity contribution >= 4 is 23.8 Å². The topological polar surface area (TPSA) is 86.8 Å². The molecule has 0 aromatic heterocycles. The van der Waals surface area contributed by atoms with Crippen LogP contribution in [-0.2, 0) is 14.4 Å². The molecule has 0 bridgehead atoms. The van der Waals surface area contributed by atoms with Crippen LogP contribution < -0.4 is 5.32 Å². The standard InChI is InChI=1S/C16H25N3O4/c1-9(2)19-15(22)14(21)18(16(19)23)8-13(20)17-12-7-5-6-10(3)11(12)4/h9-12H,5-8H2,1-4H3,(H,17,20). The normalized spacial score (nSPS) is 28.7. The second-order valence-electron chi connectivity index (χ2n) is 6.88. The Bertz CT molecular complexity index is 531. The molecule has 7 heteroatoms. The van der Waals surface area contributed by atoms with Crippen molar-refractivity contribution in [2.75, 3.05) is 6.54 Å². The lowest BCUT2D eigenvalue weighted by atomic mass is 9.78. The molecule has 7 nitrogen and oxygen atoms in total. The number of carbonyl (C=O) groups is 4. The van der Waals surface area contributed by atoms with Gasteiger partial charge in [0.2, 0.25) is 5.91 Å². The summed E-state index contributed by atoms with van der Waals surface area (Å²) in [5, 5.41) is 2.91. The number of nitrogens with one attached hydrogen (secondary N) is 1. The van der Waals surface area contributed by atoms with E-state index in [-0.39, 0.29) is 6.04 Å². The summed E-state index contributed by atoms with van der Waals surface area (Å²) < 4.78 is 0. The molecule has 128 valence electrons. The van der Waals surface area contributed by atoms with Gasteiger partial charge in [0.15, 0.2) is 0 Å². The van der Waals surface area contributed by atoms with E-state index in [0.29, 0.717) is 11.8 Å². The van der Waals surface area contributed by atoms with Gasteiger partial charge < -0.3 is 5.32 Å². The van der Waals surface area contributed by atoms with Crippen LogP contribution in [-0.4, -0.2) is 52.2 Å². The number of hydrogen-bond donors (Lipinski definition) is 1. The fourth-order valence-electron chi connectivity index (χ4n) is 3.30. The molecule has 5 amide bonds. The lowest BCUT2D eigenvalue weighted by molar-refractivity contribution is -0.144. The van der Waals surface area contributed by atoms with Gasteiger partial charge in [0.25, 0.3) is 0 Å². The number of urea groups is 1. The SMILES string of the molecule is CC1CCCC(NC(=O)CN2C(=O)C(=O)N(C(C)C)C2=O)C1C. The Morgan fingerprint density at radius 1 is 1.17 bits per heavy atom. The third-order valence-corrected chi connectivity index (χ3v) is 4.96. The highest BCUT2D eigenvalue weighted by Gasteiger charge is 2.46. The molecule has 0 radical (unpaired) electrons. The Balaban J connectivity index is 1.99. The number of imide groups is 2. The molecule has 1 heterocycles. The highest BCUT2D eigenvalue weighted by atomic mass is 16.2. The Labute approximate surface area is 136 Å². The highest BCUT2D eigenvalue weighted by Crippen LogP contribution is 2.29. The minimum atomic E-state index is -0.927. The Morgan fingerprint density at radius 2 is 1.83 bits per heavy atom. The van der Waals surface area contributed by atoms with Gasteiger partial charge in [0.1, 0.15) is 6.54 Å². The average Bonchev–Trinajstić information content (AvgIpc) is 2.67. The molecule has 1 aliphatic heterocycles. The van der Waals surface area contributed by atoms with Crippen molar-refractivity contribution < 1.29 is 19.2 Å². The second-order valence-corrected chi connectivity index (χ2v) is 6.88. The first-order valence-electron chi connectivity index (χ1n) is 8.22. The zero-order chi connectivity index (χ0) is 17.3. The van der Waals surface area contributed by atoms with E-state index < -0.39 is 36.3 Å². The maximum absolute atomic E-state index is 12.2. The smallest absolute Gasteiger partial charge is 0.334 e. The van der Waals surface area contributed by atoms with Crippen LogP contribution in [0.5, 0.6) is 0 Å². The summed E-state index contributed by atoms with van der Waals surface area (Å²) in [7, 11) is 0. The van der Waals surface area contributed by atoms with Crippen molar-refractivity contribution in [1.82, 2.24) is 15.1 Å². The number of hydrogen-bond acceptors (Lipinski definition) is 4. The highest BCUT2D eigenvalue weighted by molar-refractivity contribution is 6.45. The number of amides is 5. The number of nitrogens with zero attached hydrogens (tertiary/aromatic N) is 2. The predicted octanol–water partition coefficient (Wildman–Crippen LogP) is 1.13. The van der Waals surface area contributed by atoms with E-state index in [2.05, 4.69) is 19.2 Å². The Morgan fingerprint density at radius 3 is 2.39 bits per heavy atom. The third kappa shape index (κ3) is 3.38. The van der Waals surface area contributed by atoms with E-state index in [4.69, 9.17) is 0 Å². The van der Waals surface area contributed by atoms with Gasteiger partial charge in [-0.2, -0.15) is 0 Å². The van der Waals surface area contributed by atoms with Crippen LogP contribution in [0.2, 0.25) is 0 Å². The summed E-state index contributed by atoms with van der Waals surface area (Å²) in [6, 6.07) is -1.07. The summed E-state index contributed by atoms with van der Waals surface area (Å²) >= 11 is 0. The van der Waals surface area contributed by atoms with Crippen molar-refractivity contribution in [3.63, 3.8) is 0 Å². The summed E-state index contributed by atoms with van der Waals surface area (Å²) in [5.41, 5.74) is 0. The molecule has 1 N–H and O–H groups in total. The average molecular weight is 323 g/mol. The molecule has 2 fully saturated rings. The monoisotopic (exact) mass is 323 g/mol. The lowest BCUT2D eigenvalue weighted by Gasteiger charge is -2.34. The number of carbonyl (C=O) groups excluding carboxylic acids is 4. The molecule has 1 saturated carbocycles. The molecular weight excluding hydrogens is 298 g/mol. The van der Waals surface area contributed by atoms with Gasteiger partial charge in [0, 0.05) is 12.1 Å². The lowest BCUT2D eigenvalue weighted by Crippen LogP contribution is -2.48. The van der Waals surface area contributed by atoms with Crippen LogP contribution in [0.1, 0.15) is 47.0 Å². The first kappa shape index (κ1) is 17.4. The van der Waals surface area contributed by atoms with Gasteiger partial charge in [-0.15, -0.1) is 0 Å². The third-order valence-electron chi connectivity index (χ3n) is 4.96. The van der Waals surface area contributed by atoms with Gasteiger partial charge in [-0.25, -0.2) is 9.69 Å². The quantitative estimate of drug-likeness (QED) is 0.620. The molecule has 23 heavy (non-hydrogen) atoms. The van der Waals surface area contributed by atoms with Crippen LogP contribution in [0.3, 0.4) is 0 Å². The second kappa shape index (κ2) is 6.68. The van der Waals surface area contributed by atoms with Crippen LogP contribution in [0.15, 0.2) is 0 Å². The van der Waals surface area contributed by atoms with Gasteiger partial charge in [-0.05, 0) is 32.1 Å².